The molecule has 0 aromatic carbocycles. The molecule has 3 rings (SSSR count). The molecule has 3 heterocycles. The number of amides is 2. The lowest BCUT2D eigenvalue weighted by Crippen LogP contribution is -2.39. The first-order valence-electron chi connectivity index (χ1n) is 7.87. The molecule has 2 fully saturated rings. The number of aromatic nitrogens is 1. The molecule has 25 heavy (non-hydrogen) atoms. The molecule has 138 valence electrons. The van der Waals surface area contributed by atoms with Crippen LogP contribution >= 0.6 is 0 Å². The van der Waals surface area contributed by atoms with Crippen molar-refractivity contribution in [3.63, 3.8) is 0 Å². The highest BCUT2D eigenvalue weighted by Gasteiger charge is 2.51. The summed E-state index contributed by atoms with van der Waals surface area (Å²) in [4.78, 5) is 27.8. The molecule has 0 unspecified atom stereocenters. The highest BCUT2D eigenvalue weighted by atomic mass is 32.2. The van der Waals surface area contributed by atoms with Gasteiger partial charge in [0.05, 0.1) is 23.1 Å². The van der Waals surface area contributed by atoms with Crippen molar-refractivity contribution < 1.29 is 33.1 Å². The third-order valence-electron chi connectivity index (χ3n) is 4.43. The maximum atomic E-state index is 12.2. The minimum atomic E-state index is -3.29. The number of unbranched alkanes of at least 4 members (excludes halogenated alkanes) is 1. The second-order valence-electron chi connectivity index (χ2n) is 6.17. The van der Waals surface area contributed by atoms with Gasteiger partial charge in [0.2, 0.25) is 11.8 Å². The molecule has 0 aliphatic carbocycles. The second-order valence-corrected chi connectivity index (χ2v) is 8.44. The zero-order chi connectivity index (χ0) is 18.2. The molecule has 2 aliphatic rings. The van der Waals surface area contributed by atoms with Gasteiger partial charge in [-0.25, -0.2) is 18.0 Å². The summed E-state index contributed by atoms with van der Waals surface area (Å²) in [6.07, 6.45) is 1.18. The highest BCUT2D eigenvalue weighted by Crippen LogP contribution is 2.28. The second kappa shape index (κ2) is 6.47. The van der Waals surface area contributed by atoms with Gasteiger partial charge in [-0.2, -0.15) is 0 Å². The number of rotatable bonds is 6. The van der Waals surface area contributed by atoms with Crippen LogP contribution in [0.15, 0.2) is 12.1 Å². The molecule has 11 heteroatoms. The SMILES string of the molecule is O=C1N[C@H]2[C@H](CS(=O)(=O)[C@H]2CCCCC(=O)On2c(O)ccc2O)N1. The Kier molecular flexibility index (Phi) is 4.50. The van der Waals surface area contributed by atoms with E-state index in [0.29, 0.717) is 24.0 Å². The van der Waals surface area contributed by atoms with E-state index >= 15 is 0 Å². The smallest absolute Gasteiger partial charge is 0.333 e. The Morgan fingerprint density at radius 3 is 2.60 bits per heavy atom. The van der Waals surface area contributed by atoms with Crippen molar-refractivity contribution in [1.82, 2.24) is 15.4 Å². The van der Waals surface area contributed by atoms with E-state index < -0.39 is 44.9 Å². The standard InChI is InChI=1S/C14H19N3O7S/c18-10-5-6-11(19)17(10)24-12(20)4-2-1-3-9-13-8(7-25(9,22)23)15-14(21)16-13/h5-6,8-9,13,18-19H,1-4,7H2,(H2,15,16,21)/t8-,9-,13-/m0/s1. The zero-order valence-corrected chi connectivity index (χ0v) is 14.0. The van der Waals surface area contributed by atoms with Crippen LogP contribution in [0.5, 0.6) is 11.8 Å². The third kappa shape index (κ3) is 3.50. The third-order valence-corrected chi connectivity index (χ3v) is 6.71. The van der Waals surface area contributed by atoms with E-state index in [1.165, 1.54) is 12.1 Å². The van der Waals surface area contributed by atoms with Crippen LogP contribution in [0.2, 0.25) is 0 Å². The number of carbonyl (C=O) groups is 2. The van der Waals surface area contributed by atoms with Crippen molar-refractivity contribution in [2.24, 2.45) is 0 Å². The van der Waals surface area contributed by atoms with E-state index in [-0.39, 0.29) is 18.2 Å². The summed E-state index contributed by atoms with van der Waals surface area (Å²) in [5.74, 6) is -1.54. The lowest BCUT2D eigenvalue weighted by Gasteiger charge is -2.16. The van der Waals surface area contributed by atoms with Crippen LogP contribution in [0.4, 0.5) is 4.79 Å². The molecule has 3 atom stereocenters. The number of hydrogen-bond acceptors (Lipinski definition) is 7. The van der Waals surface area contributed by atoms with Gasteiger partial charge in [0.1, 0.15) is 0 Å². The normalized spacial score (nSPS) is 26.7. The Balaban J connectivity index is 1.46. The van der Waals surface area contributed by atoms with Gasteiger partial charge >= 0.3 is 12.0 Å². The Labute approximate surface area is 143 Å². The molecule has 2 saturated heterocycles. The number of nitrogens with one attached hydrogen (secondary N) is 2. The fourth-order valence-electron chi connectivity index (χ4n) is 3.26. The van der Waals surface area contributed by atoms with Gasteiger partial charge < -0.3 is 25.7 Å². The van der Waals surface area contributed by atoms with E-state index in [1.54, 1.807) is 0 Å². The number of sulfone groups is 1. The minimum absolute atomic E-state index is 0.00251. The molecule has 0 spiro atoms. The lowest BCUT2D eigenvalue weighted by atomic mass is 10.0. The molecule has 1 aromatic heterocycles. The van der Waals surface area contributed by atoms with Crippen LogP contribution < -0.4 is 15.5 Å². The maximum absolute atomic E-state index is 12.2. The molecule has 2 aliphatic heterocycles. The van der Waals surface area contributed by atoms with Crippen LogP contribution in [-0.2, 0) is 14.6 Å². The highest BCUT2D eigenvalue weighted by molar-refractivity contribution is 7.92. The molecule has 2 amide bonds. The Bertz CT molecular complexity index is 769. The summed E-state index contributed by atoms with van der Waals surface area (Å²) in [5.41, 5.74) is 0. The summed E-state index contributed by atoms with van der Waals surface area (Å²) in [7, 11) is -3.29. The quantitative estimate of drug-likeness (QED) is 0.379. The number of carbonyl (C=O) groups excluding carboxylic acids is 2. The van der Waals surface area contributed by atoms with Crippen LogP contribution in [0.3, 0.4) is 0 Å². The summed E-state index contributed by atoms with van der Waals surface area (Å²) < 4.78 is 24.9. The van der Waals surface area contributed by atoms with Gasteiger partial charge in [0.15, 0.2) is 9.84 Å². The molecular weight excluding hydrogens is 354 g/mol. The van der Waals surface area contributed by atoms with Crippen molar-refractivity contribution >= 4 is 21.8 Å². The van der Waals surface area contributed by atoms with Crippen molar-refractivity contribution in [3.05, 3.63) is 12.1 Å². The van der Waals surface area contributed by atoms with Gasteiger partial charge in [-0.05, 0) is 12.8 Å². The van der Waals surface area contributed by atoms with E-state index in [2.05, 4.69) is 10.6 Å². The average molecular weight is 373 g/mol. The lowest BCUT2D eigenvalue weighted by molar-refractivity contribution is -0.145. The molecule has 1 aromatic rings. The Hall–Kier alpha value is -2.43. The van der Waals surface area contributed by atoms with Gasteiger partial charge in [-0.15, -0.1) is 4.73 Å². The number of urea groups is 1. The maximum Gasteiger partial charge on any atom is 0.333 e. The fourth-order valence-corrected chi connectivity index (χ4v) is 5.53. The van der Waals surface area contributed by atoms with E-state index in [9.17, 15) is 28.2 Å². The number of hydrogen-bond donors (Lipinski definition) is 4. The molecule has 0 radical (unpaired) electrons. The van der Waals surface area contributed by atoms with Gasteiger partial charge in [-0.1, -0.05) is 6.42 Å². The molecule has 0 bridgehead atoms. The predicted molar refractivity (Wildman–Crippen MR) is 84.6 cm³/mol. The average Bonchev–Trinajstić information content (AvgIpc) is 3.09. The van der Waals surface area contributed by atoms with E-state index in [0.717, 1.165) is 0 Å². The largest absolute Gasteiger partial charge is 0.492 e. The molecular formula is C14H19N3O7S. The van der Waals surface area contributed by atoms with Gasteiger partial charge in [-0.3, -0.25) is 0 Å². The van der Waals surface area contributed by atoms with Gasteiger partial charge in [0, 0.05) is 18.6 Å². The number of nitrogens with zero attached hydrogens (tertiary/aromatic N) is 1. The van der Waals surface area contributed by atoms with E-state index in [1.807, 2.05) is 0 Å². The fraction of sp³-hybridized carbons (Fsp3) is 0.571. The van der Waals surface area contributed by atoms with Crippen molar-refractivity contribution in [2.75, 3.05) is 5.75 Å². The Morgan fingerprint density at radius 1 is 1.24 bits per heavy atom. The van der Waals surface area contributed by atoms with Crippen LogP contribution in [-0.4, -0.2) is 58.4 Å². The summed E-state index contributed by atoms with van der Waals surface area (Å²) in [6, 6.07) is 1.16. The van der Waals surface area contributed by atoms with Gasteiger partial charge in [0.25, 0.3) is 0 Å². The summed E-state index contributed by atoms with van der Waals surface area (Å²) >= 11 is 0. The van der Waals surface area contributed by atoms with Crippen molar-refractivity contribution in [2.45, 2.75) is 43.0 Å². The predicted octanol–water partition coefficient (Wildman–Crippen LogP) is -0.738. The number of aromatic hydroxyl groups is 2. The van der Waals surface area contributed by atoms with Crippen LogP contribution in [0, 0.1) is 0 Å². The molecule has 10 nitrogen and oxygen atoms in total. The first-order chi connectivity index (χ1) is 11.8. The first kappa shape index (κ1) is 17.4. The monoisotopic (exact) mass is 373 g/mol. The summed E-state index contributed by atoms with van der Waals surface area (Å²) in [5, 5.41) is 23.3. The van der Waals surface area contributed by atoms with E-state index in [4.69, 9.17) is 4.84 Å². The van der Waals surface area contributed by atoms with Crippen LogP contribution in [0.1, 0.15) is 25.7 Å². The zero-order valence-electron chi connectivity index (χ0n) is 13.2. The number of fused-ring (bicyclic) bond motifs is 1. The topological polar surface area (TPSA) is 147 Å². The first-order valence-corrected chi connectivity index (χ1v) is 9.59. The minimum Gasteiger partial charge on any atom is -0.492 e. The molecule has 0 saturated carbocycles. The van der Waals surface area contributed by atoms with Crippen molar-refractivity contribution in [3.8, 4) is 11.8 Å². The molecule has 4 N–H and O–H groups in total. The van der Waals surface area contributed by atoms with Crippen LogP contribution in [0.25, 0.3) is 0 Å². The van der Waals surface area contributed by atoms with Crippen molar-refractivity contribution in [1.29, 1.82) is 0 Å². The Morgan fingerprint density at radius 2 is 1.92 bits per heavy atom. The summed E-state index contributed by atoms with van der Waals surface area (Å²) in [6.45, 7) is 0.